The molecule has 156 valence electrons. The Kier molecular flexibility index (Phi) is 7.18. The van der Waals surface area contributed by atoms with E-state index >= 15 is 0 Å². The molecule has 1 aromatic heterocycles. The second-order valence-electron chi connectivity index (χ2n) is 6.98. The monoisotopic (exact) mass is 438 g/mol. The van der Waals surface area contributed by atoms with Crippen molar-refractivity contribution in [2.75, 3.05) is 23.3 Å². The van der Waals surface area contributed by atoms with E-state index in [9.17, 15) is 4.79 Å². The molecule has 0 radical (unpaired) electrons. The number of amides is 1. The summed E-state index contributed by atoms with van der Waals surface area (Å²) in [5, 5.41) is 8.60. The SMILES string of the molecule is CCN(CC)c1ccc(C(=O)NC(=S)Nc2nc(-c3cc(C)ccc3C)cs2)cc1. The van der Waals surface area contributed by atoms with Crippen molar-refractivity contribution >= 4 is 45.4 Å². The predicted molar refractivity (Wildman–Crippen MR) is 131 cm³/mol. The van der Waals surface area contributed by atoms with Crippen LogP contribution in [0.5, 0.6) is 0 Å². The molecule has 3 rings (SSSR count). The van der Waals surface area contributed by atoms with Crippen molar-refractivity contribution < 1.29 is 4.79 Å². The van der Waals surface area contributed by atoms with Crippen LogP contribution < -0.4 is 15.5 Å². The third-order valence-electron chi connectivity index (χ3n) is 4.88. The molecule has 7 heteroatoms. The van der Waals surface area contributed by atoms with E-state index in [1.165, 1.54) is 22.5 Å². The van der Waals surface area contributed by atoms with Gasteiger partial charge in [0.25, 0.3) is 5.91 Å². The largest absolute Gasteiger partial charge is 0.372 e. The average Bonchev–Trinajstić information content (AvgIpc) is 3.19. The third-order valence-corrected chi connectivity index (χ3v) is 5.84. The van der Waals surface area contributed by atoms with Crippen LogP contribution in [0.1, 0.15) is 35.3 Å². The van der Waals surface area contributed by atoms with E-state index in [0.29, 0.717) is 10.7 Å². The van der Waals surface area contributed by atoms with Crippen LogP contribution in [0.3, 0.4) is 0 Å². The molecule has 2 N–H and O–H groups in total. The molecule has 0 unspecified atom stereocenters. The summed E-state index contributed by atoms with van der Waals surface area (Å²) >= 11 is 6.76. The molecule has 2 aromatic carbocycles. The number of nitrogens with one attached hydrogen (secondary N) is 2. The highest BCUT2D eigenvalue weighted by Crippen LogP contribution is 2.28. The number of anilines is 2. The minimum Gasteiger partial charge on any atom is -0.372 e. The van der Waals surface area contributed by atoms with Crippen LogP contribution >= 0.6 is 23.6 Å². The molecular weight excluding hydrogens is 412 g/mol. The minimum absolute atomic E-state index is 0.231. The Bertz CT molecular complexity index is 1040. The first-order valence-electron chi connectivity index (χ1n) is 9.91. The van der Waals surface area contributed by atoms with Crippen molar-refractivity contribution in [2.24, 2.45) is 0 Å². The molecule has 0 atom stereocenters. The molecule has 0 bridgehead atoms. The van der Waals surface area contributed by atoms with Gasteiger partial charge < -0.3 is 10.2 Å². The van der Waals surface area contributed by atoms with Gasteiger partial charge in [0.05, 0.1) is 5.69 Å². The highest BCUT2D eigenvalue weighted by atomic mass is 32.1. The van der Waals surface area contributed by atoms with Gasteiger partial charge in [0.2, 0.25) is 0 Å². The molecule has 0 saturated carbocycles. The third kappa shape index (κ3) is 5.23. The number of benzene rings is 2. The highest BCUT2D eigenvalue weighted by Gasteiger charge is 2.12. The number of nitrogens with zero attached hydrogens (tertiary/aromatic N) is 2. The Balaban J connectivity index is 1.62. The summed E-state index contributed by atoms with van der Waals surface area (Å²) in [6, 6.07) is 13.8. The lowest BCUT2D eigenvalue weighted by Gasteiger charge is -2.21. The van der Waals surface area contributed by atoms with Crippen molar-refractivity contribution in [3.63, 3.8) is 0 Å². The summed E-state index contributed by atoms with van der Waals surface area (Å²) < 4.78 is 0. The fourth-order valence-corrected chi connectivity index (χ4v) is 4.15. The number of thiazole rings is 1. The Hall–Kier alpha value is -2.77. The second-order valence-corrected chi connectivity index (χ2v) is 8.25. The highest BCUT2D eigenvalue weighted by molar-refractivity contribution is 7.80. The first-order chi connectivity index (χ1) is 14.4. The quantitative estimate of drug-likeness (QED) is 0.505. The van der Waals surface area contributed by atoms with Crippen molar-refractivity contribution in [1.29, 1.82) is 0 Å². The zero-order valence-electron chi connectivity index (χ0n) is 17.7. The summed E-state index contributed by atoms with van der Waals surface area (Å²) in [5.74, 6) is -0.245. The smallest absolute Gasteiger partial charge is 0.257 e. The van der Waals surface area contributed by atoms with Crippen molar-refractivity contribution in [3.05, 3.63) is 64.5 Å². The molecule has 1 amide bonds. The van der Waals surface area contributed by atoms with Crippen LogP contribution in [0.25, 0.3) is 11.3 Å². The lowest BCUT2D eigenvalue weighted by molar-refractivity contribution is 0.0978. The number of thiocarbonyl (C=S) groups is 1. The number of rotatable bonds is 6. The van der Waals surface area contributed by atoms with Crippen molar-refractivity contribution in [3.8, 4) is 11.3 Å². The number of hydrogen-bond donors (Lipinski definition) is 2. The Morgan fingerprint density at radius 2 is 1.80 bits per heavy atom. The molecule has 1 heterocycles. The van der Waals surface area contributed by atoms with Crippen LogP contribution in [0, 0.1) is 13.8 Å². The normalized spacial score (nSPS) is 10.5. The van der Waals surface area contributed by atoms with Crippen LogP contribution in [0.2, 0.25) is 0 Å². The van der Waals surface area contributed by atoms with E-state index in [0.717, 1.165) is 30.0 Å². The van der Waals surface area contributed by atoms with Gasteiger partial charge >= 0.3 is 0 Å². The van der Waals surface area contributed by atoms with Gasteiger partial charge in [-0.2, -0.15) is 0 Å². The maximum absolute atomic E-state index is 12.5. The first kappa shape index (κ1) is 21.9. The summed E-state index contributed by atoms with van der Waals surface area (Å²) in [4.78, 5) is 19.3. The topological polar surface area (TPSA) is 57.3 Å². The minimum atomic E-state index is -0.245. The van der Waals surface area contributed by atoms with E-state index in [-0.39, 0.29) is 11.0 Å². The fraction of sp³-hybridized carbons (Fsp3) is 0.261. The second kappa shape index (κ2) is 9.82. The fourth-order valence-electron chi connectivity index (χ4n) is 3.18. The van der Waals surface area contributed by atoms with Crippen LogP contribution in [-0.4, -0.2) is 29.1 Å². The lowest BCUT2D eigenvalue weighted by Crippen LogP contribution is -2.34. The van der Waals surface area contributed by atoms with Gasteiger partial charge in [0.1, 0.15) is 0 Å². The van der Waals surface area contributed by atoms with Crippen LogP contribution in [0.15, 0.2) is 47.8 Å². The molecular formula is C23H26N4OS2. The van der Waals surface area contributed by atoms with Crippen molar-refractivity contribution in [2.45, 2.75) is 27.7 Å². The van der Waals surface area contributed by atoms with Gasteiger partial charge in [-0.05, 0) is 75.8 Å². The molecule has 3 aromatic rings. The molecule has 0 fully saturated rings. The summed E-state index contributed by atoms with van der Waals surface area (Å²) in [5.41, 5.74) is 6.01. The summed E-state index contributed by atoms with van der Waals surface area (Å²) in [7, 11) is 0. The predicted octanol–water partition coefficient (Wildman–Crippen LogP) is 5.40. The van der Waals surface area contributed by atoms with Gasteiger partial charge in [-0.15, -0.1) is 11.3 Å². The standard InChI is InChI=1S/C23H26N4OS2/c1-5-27(6-2)18-11-9-17(10-12-18)21(28)25-22(29)26-23-24-20(14-30-23)19-13-15(3)7-8-16(19)4/h7-14H,5-6H2,1-4H3,(H2,24,25,26,28,29). The van der Waals surface area contributed by atoms with E-state index in [1.54, 1.807) is 0 Å². The average molecular weight is 439 g/mol. The van der Waals surface area contributed by atoms with Crippen molar-refractivity contribution in [1.82, 2.24) is 10.3 Å². The van der Waals surface area contributed by atoms with Gasteiger partial charge in [0, 0.05) is 35.3 Å². The van der Waals surface area contributed by atoms with E-state index in [2.05, 4.69) is 66.4 Å². The Morgan fingerprint density at radius 1 is 1.10 bits per heavy atom. The zero-order chi connectivity index (χ0) is 21.7. The number of aromatic nitrogens is 1. The van der Waals surface area contributed by atoms with Gasteiger partial charge in [-0.3, -0.25) is 10.1 Å². The number of aryl methyl sites for hydroxylation is 2. The zero-order valence-corrected chi connectivity index (χ0v) is 19.3. The number of carbonyl (C=O) groups is 1. The maximum Gasteiger partial charge on any atom is 0.257 e. The molecule has 5 nitrogen and oxygen atoms in total. The molecule has 0 spiro atoms. The maximum atomic E-state index is 12.5. The molecule has 0 saturated heterocycles. The summed E-state index contributed by atoms with van der Waals surface area (Å²) in [6.45, 7) is 10.2. The Morgan fingerprint density at radius 3 is 2.47 bits per heavy atom. The molecule has 0 aliphatic rings. The molecule has 0 aliphatic carbocycles. The number of carbonyl (C=O) groups excluding carboxylic acids is 1. The van der Waals surface area contributed by atoms with Gasteiger partial charge in [-0.25, -0.2) is 4.98 Å². The molecule has 30 heavy (non-hydrogen) atoms. The lowest BCUT2D eigenvalue weighted by atomic mass is 10.0. The number of hydrogen-bond acceptors (Lipinski definition) is 5. The van der Waals surface area contributed by atoms with Gasteiger partial charge in [-0.1, -0.05) is 17.7 Å². The van der Waals surface area contributed by atoms with E-state index < -0.39 is 0 Å². The first-order valence-corrected chi connectivity index (χ1v) is 11.2. The van der Waals surface area contributed by atoms with E-state index in [4.69, 9.17) is 12.2 Å². The Labute approximate surface area is 187 Å². The van der Waals surface area contributed by atoms with E-state index in [1.807, 2.05) is 29.6 Å². The summed E-state index contributed by atoms with van der Waals surface area (Å²) in [6.07, 6.45) is 0. The molecule has 0 aliphatic heterocycles. The van der Waals surface area contributed by atoms with Crippen LogP contribution in [0.4, 0.5) is 10.8 Å². The van der Waals surface area contributed by atoms with Crippen LogP contribution in [-0.2, 0) is 0 Å². The van der Waals surface area contributed by atoms with Gasteiger partial charge in [0.15, 0.2) is 10.2 Å².